The maximum absolute atomic E-state index is 5.07. The fourth-order valence-corrected chi connectivity index (χ4v) is 0.790. The summed E-state index contributed by atoms with van der Waals surface area (Å²) in [6.07, 6.45) is 0. The van der Waals surface area contributed by atoms with Crippen LogP contribution in [0, 0.1) is 0 Å². The molecule has 0 fully saturated rings. The average Bonchev–Trinajstić information content (AvgIpc) is 2.00. The lowest BCUT2D eigenvalue weighted by Gasteiger charge is -2.24. The molecule has 0 unspecified atom stereocenters. The lowest BCUT2D eigenvalue weighted by atomic mass is 10.7. The molecular formula is C6H13N3S2. The molecule has 0 radical (unpaired) electrons. The molecule has 0 aliphatic carbocycles. The summed E-state index contributed by atoms with van der Waals surface area (Å²) in [6, 6.07) is 0. The largest absolute Gasteiger partial charge is 0.365 e. The van der Waals surface area contributed by atoms with Crippen molar-refractivity contribution in [3.8, 4) is 0 Å². The second-order valence-corrected chi connectivity index (χ2v) is 3.04. The summed E-state index contributed by atoms with van der Waals surface area (Å²) in [6.45, 7) is 0. The van der Waals surface area contributed by atoms with Crippen LogP contribution in [0.25, 0.3) is 0 Å². The third kappa shape index (κ3) is 2.98. The van der Waals surface area contributed by atoms with Crippen LogP contribution in [0.4, 0.5) is 0 Å². The van der Waals surface area contributed by atoms with E-state index in [1.165, 1.54) is 0 Å². The van der Waals surface area contributed by atoms with Crippen molar-refractivity contribution in [2.24, 2.45) is 0 Å². The van der Waals surface area contributed by atoms with Gasteiger partial charge in [-0.05, 0) is 24.4 Å². The standard InChI is InChI=1S/C6H13N3S2/c1-7-5(10)9(4)6(11)8(2)3/h1-4H3,(H,7,10). The summed E-state index contributed by atoms with van der Waals surface area (Å²) >= 11 is 10.0. The maximum Gasteiger partial charge on any atom is 0.177 e. The quantitative estimate of drug-likeness (QED) is 0.552. The van der Waals surface area contributed by atoms with E-state index < -0.39 is 0 Å². The molecule has 1 N–H and O–H groups in total. The zero-order valence-corrected chi connectivity index (χ0v) is 8.84. The number of nitrogens with one attached hydrogen (secondary N) is 1. The highest BCUT2D eigenvalue weighted by atomic mass is 32.1. The van der Waals surface area contributed by atoms with E-state index in [-0.39, 0.29) is 0 Å². The Morgan fingerprint density at radius 1 is 1.18 bits per heavy atom. The molecule has 11 heavy (non-hydrogen) atoms. The monoisotopic (exact) mass is 191 g/mol. The van der Waals surface area contributed by atoms with Gasteiger partial charge >= 0.3 is 0 Å². The lowest BCUT2D eigenvalue weighted by Crippen LogP contribution is -2.44. The molecule has 0 atom stereocenters. The van der Waals surface area contributed by atoms with Crippen molar-refractivity contribution in [3.63, 3.8) is 0 Å². The first-order valence-electron chi connectivity index (χ1n) is 3.17. The van der Waals surface area contributed by atoms with Crippen molar-refractivity contribution in [2.75, 3.05) is 28.2 Å². The van der Waals surface area contributed by atoms with E-state index in [4.69, 9.17) is 24.4 Å². The summed E-state index contributed by atoms with van der Waals surface area (Å²) in [5.41, 5.74) is 0. The maximum atomic E-state index is 5.07. The number of hydrogen-bond acceptors (Lipinski definition) is 2. The first-order valence-corrected chi connectivity index (χ1v) is 3.99. The van der Waals surface area contributed by atoms with E-state index in [1.54, 1.807) is 11.9 Å². The van der Waals surface area contributed by atoms with Crippen molar-refractivity contribution in [3.05, 3.63) is 0 Å². The smallest absolute Gasteiger partial charge is 0.177 e. The van der Waals surface area contributed by atoms with Gasteiger partial charge in [0.25, 0.3) is 0 Å². The number of hydrogen-bond donors (Lipinski definition) is 1. The predicted molar refractivity (Wildman–Crippen MR) is 55.7 cm³/mol. The second-order valence-electron chi connectivity index (χ2n) is 2.29. The fourth-order valence-electron chi connectivity index (χ4n) is 0.555. The van der Waals surface area contributed by atoms with Crippen molar-refractivity contribution in [2.45, 2.75) is 0 Å². The molecule has 0 saturated heterocycles. The van der Waals surface area contributed by atoms with Crippen LogP contribution in [0.5, 0.6) is 0 Å². The van der Waals surface area contributed by atoms with Crippen LogP contribution in [0.3, 0.4) is 0 Å². The van der Waals surface area contributed by atoms with Crippen molar-refractivity contribution in [1.82, 2.24) is 15.1 Å². The molecule has 0 aliphatic rings. The van der Waals surface area contributed by atoms with E-state index in [9.17, 15) is 0 Å². The first-order chi connectivity index (χ1) is 5.00. The van der Waals surface area contributed by atoms with Gasteiger partial charge in [0.2, 0.25) is 0 Å². The van der Waals surface area contributed by atoms with Crippen LogP contribution in [0.1, 0.15) is 0 Å². The number of nitrogens with zero attached hydrogens (tertiary/aromatic N) is 2. The average molecular weight is 191 g/mol. The van der Waals surface area contributed by atoms with Gasteiger partial charge < -0.3 is 10.2 Å². The molecule has 0 rings (SSSR count). The van der Waals surface area contributed by atoms with Gasteiger partial charge in [-0.2, -0.15) is 0 Å². The minimum atomic E-state index is 0.628. The SMILES string of the molecule is CNC(=S)N(C)C(=S)N(C)C. The third-order valence-electron chi connectivity index (χ3n) is 1.19. The molecule has 5 heteroatoms. The summed E-state index contributed by atoms with van der Waals surface area (Å²) in [4.78, 5) is 3.57. The Labute approximate surface area is 78.4 Å². The van der Waals surface area contributed by atoms with Crippen molar-refractivity contribution >= 4 is 34.7 Å². The van der Waals surface area contributed by atoms with Crippen LogP contribution >= 0.6 is 24.4 Å². The van der Waals surface area contributed by atoms with Gasteiger partial charge in [0.05, 0.1) is 0 Å². The van der Waals surface area contributed by atoms with E-state index >= 15 is 0 Å². The molecule has 0 aromatic heterocycles. The van der Waals surface area contributed by atoms with Gasteiger partial charge in [0.15, 0.2) is 10.2 Å². The topological polar surface area (TPSA) is 18.5 Å². The molecule has 0 aromatic rings. The molecule has 0 amide bonds. The highest BCUT2D eigenvalue weighted by molar-refractivity contribution is 7.81. The Bertz CT molecular complexity index is 167. The minimum absolute atomic E-state index is 0.628. The second kappa shape index (κ2) is 4.46. The Balaban J connectivity index is 4.13. The zero-order chi connectivity index (χ0) is 9.02. The highest BCUT2D eigenvalue weighted by Crippen LogP contribution is 1.91. The Morgan fingerprint density at radius 2 is 1.64 bits per heavy atom. The van der Waals surface area contributed by atoms with Crippen LogP contribution in [-0.4, -0.2) is 48.2 Å². The van der Waals surface area contributed by atoms with E-state index in [0.717, 1.165) is 0 Å². The minimum Gasteiger partial charge on any atom is -0.365 e. The Kier molecular flexibility index (Phi) is 4.29. The normalized spacial score (nSPS) is 8.73. The van der Waals surface area contributed by atoms with Crippen LogP contribution in [0.15, 0.2) is 0 Å². The van der Waals surface area contributed by atoms with E-state index in [1.807, 2.05) is 26.0 Å². The molecule has 0 aromatic carbocycles. The molecule has 3 nitrogen and oxygen atoms in total. The predicted octanol–water partition coefficient (Wildman–Crippen LogP) is 0.269. The summed E-state index contributed by atoms with van der Waals surface area (Å²) in [5, 5.41) is 4.17. The Hall–Kier alpha value is -0.420. The number of rotatable bonds is 0. The summed E-state index contributed by atoms with van der Waals surface area (Å²) < 4.78 is 0. The van der Waals surface area contributed by atoms with Gasteiger partial charge in [0, 0.05) is 28.2 Å². The van der Waals surface area contributed by atoms with Crippen molar-refractivity contribution < 1.29 is 0 Å². The van der Waals surface area contributed by atoms with E-state index in [2.05, 4.69) is 5.32 Å². The number of thiocarbonyl (C=S) groups is 2. The molecule has 0 aliphatic heterocycles. The zero-order valence-electron chi connectivity index (χ0n) is 7.21. The van der Waals surface area contributed by atoms with Crippen LogP contribution in [0.2, 0.25) is 0 Å². The lowest BCUT2D eigenvalue weighted by molar-refractivity contribution is 0.547. The molecule has 0 heterocycles. The molecule has 0 saturated carbocycles. The van der Waals surface area contributed by atoms with Crippen LogP contribution < -0.4 is 5.32 Å². The van der Waals surface area contributed by atoms with Crippen molar-refractivity contribution in [1.29, 1.82) is 0 Å². The van der Waals surface area contributed by atoms with Gasteiger partial charge in [-0.15, -0.1) is 0 Å². The Morgan fingerprint density at radius 3 is 1.91 bits per heavy atom. The third-order valence-corrected chi connectivity index (χ3v) is 2.31. The molecular weight excluding hydrogens is 178 g/mol. The van der Waals surface area contributed by atoms with Gasteiger partial charge in [0.1, 0.15) is 0 Å². The van der Waals surface area contributed by atoms with Gasteiger partial charge in [-0.3, -0.25) is 4.90 Å². The first kappa shape index (κ1) is 10.6. The van der Waals surface area contributed by atoms with Gasteiger partial charge in [-0.1, -0.05) is 0 Å². The van der Waals surface area contributed by atoms with Gasteiger partial charge in [-0.25, -0.2) is 0 Å². The fraction of sp³-hybridized carbons (Fsp3) is 0.667. The highest BCUT2D eigenvalue weighted by Gasteiger charge is 2.08. The van der Waals surface area contributed by atoms with Crippen LogP contribution in [-0.2, 0) is 0 Å². The van der Waals surface area contributed by atoms with E-state index in [0.29, 0.717) is 10.2 Å². The summed E-state index contributed by atoms with van der Waals surface area (Å²) in [5.74, 6) is 0. The molecule has 0 bridgehead atoms. The molecule has 0 spiro atoms. The molecule has 64 valence electrons. The summed E-state index contributed by atoms with van der Waals surface area (Å²) in [7, 11) is 7.38.